The van der Waals surface area contributed by atoms with Crippen LogP contribution in [0.4, 0.5) is 0 Å². The first kappa shape index (κ1) is 12.1. The Morgan fingerprint density at radius 2 is 1.94 bits per heavy atom. The molecule has 0 aromatic heterocycles. The second kappa shape index (κ2) is 5.30. The summed E-state index contributed by atoms with van der Waals surface area (Å²) >= 11 is 3.41. The zero-order valence-corrected chi connectivity index (χ0v) is 10.9. The molecule has 16 heavy (non-hydrogen) atoms. The summed E-state index contributed by atoms with van der Waals surface area (Å²) in [5.74, 6) is 0. The quantitative estimate of drug-likeness (QED) is 0.905. The van der Waals surface area contributed by atoms with Crippen LogP contribution in [0.2, 0.25) is 0 Å². The van der Waals surface area contributed by atoms with Gasteiger partial charge in [-0.2, -0.15) is 0 Å². The van der Waals surface area contributed by atoms with E-state index in [4.69, 9.17) is 4.74 Å². The van der Waals surface area contributed by atoms with E-state index in [0.717, 1.165) is 36.8 Å². The van der Waals surface area contributed by atoms with Crippen molar-refractivity contribution in [2.75, 3.05) is 13.2 Å². The van der Waals surface area contributed by atoms with Crippen LogP contribution in [0.5, 0.6) is 0 Å². The molecule has 1 aromatic rings. The van der Waals surface area contributed by atoms with Gasteiger partial charge in [-0.3, -0.25) is 0 Å². The highest BCUT2D eigenvalue weighted by Gasteiger charge is 2.28. The number of benzene rings is 1. The molecule has 1 atom stereocenters. The molecule has 0 saturated carbocycles. The van der Waals surface area contributed by atoms with E-state index in [1.54, 1.807) is 0 Å². The molecule has 0 spiro atoms. The predicted molar refractivity (Wildman–Crippen MR) is 67.5 cm³/mol. The molecule has 1 unspecified atom stereocenters. The molecule has 2 rings (SSSR count). The van der Waals surface area contributed by atoms with Crippen molar-refractivity contribution in [3.63, 3.8) is 0 Å². The number of ether oxygens (including phenoxy) is 1. The van der Waals surface area contributed by atoms with Crippen LogP contribution in [0, 0.1) is 0 Å². The molecule has 1 fully saturated rings. The summed E-state index contributed by atoms with van der Waals surface area (Å²) in [6.07, 6.45) is 3.25. The van der Waals surface area contributed by atoms with Gasteiger partial charge in [0, 0.05) is 24.1 Å². The summed E-state index contributed by atoms with van der Waals surface area (Å²) in [6, 6.07) is 8.17. The van der Waals surface area contributed by atoms with Crippen LogP contribution in [0.1, 0.15) is 24.8 Å². The van der Waals surface area contributed by atoms with Crippen molar-refractivity contribution < 1.29 is 9.84 Å². The van der Waals surface area contributed by atoms with Gasteiger partial charge in [0.2, 0.25) is 0 Å². The molecule has 1 saturated heterocycles. The highest BCUT2D eigenvalue weighted by Crippen LogP contribution is 2.26. The van der Waals surface area contributed by atoms with Crippen LogP contribution >= 0.6 is 15.9 Å². The maximum absolute atomic E-state index is 10.5. The van der Waals surface area contributed by atoms with Gasteiger partial charge >= 0.3 is 0 Å². The van der Waals surface area contributed by atoms with Crippen LogP contribution in [-0.4, -0.2) is 23.9 Å². The molecule has 1 heterocycles. The first-order valence-electron chi connectivity index (χ1n) is 5.73. The molecule has 1 aliphatic heterocycles. The van der Waals surface area contributed by atoms with E-state index in [2.05, 4.69) is 28.1 Å². The number of halogens is 1. The van der Waals surface area contributed by atoms with Crippen LogP contribution in [-0.2, 0) is 11.2 Å². The summed E-state index contributed by atoms with van der Waals surface area (Å²) in [6.45, 7) is 1.45. The third-order valence-corrected chi connectivity index (χ3v) is 3.62. The fourth-order valence-electron chi connectivity index (χ4n) is 2.15. The SMILES string of the molecule is OC1(Cc2ccc(Br)cc2)CCCOCC1. The molecule has 1 aliphatic rings. The largest absolute Gasteiger partial charge is 0.389 e. The van der Waals surface area contributed by atoms with Gasteiger partial charge in [-0.15, -0.1) is 0 Å². The van der Waals surface area contributed by atoms with Crippen LogP contribution in [0.3, 0.4) is 0 Å². The second-order valence-electron chi connectivity index (χ2n) is 4.49. The van der Waals surface area contributed by atoms with Crippen molar-refractivity contribution in [3.05, 3.63) is 34.3 Å². The topological polar surface area (TPSA) is 29.5 Å². The standard InChI is InChI=1S/C13H17BrO2/c14-12-4-2-11(3-5-12)10-13(15)6-1-8-16-9-7-13/h2-5,15H,1,6-10H2. The molecule has 2 nitrogen and oxygen atoms in total. The third kappa shape index (κ3) is 3.30. The minimum absolute atomic E-state index is 0.579. The lowest BCUT2D eigenvalue weighted by atomic mass is 9.88. The van der Waals surface area contributed by atoms with E-state index in [0.29, 0.717) is 6.61 Å². The molecule has 0 radical (unpaired) electrons. The lowest BCUT2D eigenvalue weighted by molar-refractivity contribution is 0.0189. The summed E-state index contributed by atoms with van der Waals surface area (Å²) in [5, 5.41) is 10.5. The van der Waals surface area contributed by atoms with E-state index in [1.165, 1.54) is 5.56 Å². The van der Waals surface area contributed by atoms with Crippen LogP contribution in [0.25, 0.3) is 0 Å². The van der Waals surface area contributed by atoms with E-state index >= 15 is 0 Å². The predicted octanol–water partition coefficient (Wildman–Crippen LogP) is 2.92. The molecule has 88 valence electrons. The normalized spacial score (nSPS) is 26.4. The van der Waals surface area contributed by atoms with Gasteiger partial charge in [-0.1, -0.05) is 28.1 Å². The Balaban J connectivity index is 2.04. The zero-order valence-electron chi connectivity index (χ0n) is 9.29. The van der Waals surface area contributed by atoms with E-state index in [9.17, 15) is 5.11 Å². The van der Waals surface area contributed by atoms with Crippen molar-refractivity contribution >= 4 is 15.9 Å². The van der Waals surface area contributed by atoms with E-state index in [-0.39, 0.29) is 0 Å². The average molecular weight is 285 g/mol. The van der Waals surface area contributed by atoms with Crippen molar-refractivity contribution in [2.45, 2.75) is 31.3 Å². The summed E-state index contributed by atoms with van der Waals surface area (Å²) in [5.41, 5.74) is 0.609. The lowest BCUT2D eigenvalue weighted by Gasteiger charge is -2.26. The monoisotopic (exact) mass is 284 g/mol. The second-order valence-corrected chi connectivity index (χ2v) is 5.41. The average Bonchev–Trinajstić information content (AvgIpc) is 2.47. The highest BCUT2D eigenvalue weighted by molar-refractivity contribution is 9.10. The van der Waals surface area contributed by atoms with Gasteiger partial charge in [0.15, 0.2) is 0 Å². The lowest BCUT2D eigenvalue weighted by Crippen LogP contribution is -2.31. The smallest absolute Gasteiger partial charge is 0.0710 e. The van der Waals surface area contributed by atoms with Crippen molar-refractivity contribution in [3.8, 4) is 0 Å². The Kier molecular flexibility index (Phi) is 4.00. The fourth-order valence-corrected chi connectivity index (χ4v) is 2.42. The molecule has 0 amide bonds. The Labute approximate surface area is 105 Å². The van der Waals surface area contributed by atoms with E-state index < -0.39 is 5.60 Å². The molecular formula is C13H17BrO2. The molecule has 0 aliphatic carbocycles. The van der Waals surface area contributed by atoms with E-state index in [1.807, 2.05) is 12.1 Å². The summed E-state index contributed by atoms with van der Waals surface area (Å²) in [4.78, 5) is 0. The molecular weight excluding hydrogens is 268 g/mol. The summed E-state index contributed by atoms with van der Waals surface area (Å²) < 4.78 is 6.46. The molecule has 1 aromatic carbocycles. The van der Waals surface area contributed by atoms with Gasteiger partial charge in [0.05, 0.1) is 5.60 Å². The third-order valence-electron chi connectivity index (χ3n) is 3.09. The molecule has 0 bridgehead atoms. The maximum atomic E-state index is 10.5. The number of hydrogen-bond donors (Lipinski definition) is 1. The minimum atomic E-state index is -0.579. The Morgan fingerprint density at radius 1 is 1.19 bits per heavy atom. The van der Waals surface area contributed by atoms with Crippen LogP contribution < -0.4 is 0 Å². The van der Waals surface area contributed by atoms with Gasteiger partial charge in [0.25, 0.3) is 0 Å². The number of hydrogen-bond acceptors (Lipinski definition) is 2. The highest BCUT2D eigenvalue weighted by atomic mass is 79.9. The summed E-state index contributed by atoms with van der Waals surface area (Å²) in [7, 11) is 0. The Bertz CT molecular complexity index is 326. The first-order valence-corrected chi connectivity index (χ1v) is 6.52. The Morgan fingerprint density at radius 3 is 2.69 bits per heavy atom. The van der Waals surface area contributed by atoms with Gasteiger partial charge in [0.1, 0.15) is 0 Å². The van der Waals surface area contributed by atoms with Crippen molar-refractivity contribution in [2.24, 2.45) is 0 Å². The van der Waals surface area contributed by atoms with Gasteiger partial charge in [-0.05, 0) is 37.0 Å². The fraction of sp³-hybridized carbons (Fsp3) is 0.538. The van der Waals surface area contributed by atoms with Gasteiger partial charge in [-0.25, -0.2) is 0 Å². The number of aliphatic hydroxyl groups is 1. The molecule has 3 heteroatoms. The molecule has 1 N–H and O–H groups in total. The first-order chi connectivity index (χ1) is 7.68. The maximum Gasteiger partial charge on any atom is 0.0710 e. The van der Waals surface area contributed by atoms with Crippen LogP contribution in [0.15, 0.2) is 28.7 Å². The van der Waals surface area contributed by atoms with Crippen molar-refractivity contribution in [1.29, 1.82) is 0 Å². The van der Waals surface area contributed by atoms with Gasteiger partial charge < -0.3 is 9.84 Å². The number of rotatable bonds is 2. The zero-order chi connectivity index (χ0) is 11.4. The minimum Gasteiger partial charge on any atom is -0.389 e. The van der Waals surface area contributed by atoms with Crippen molar-refractivity contribution in [1.82, 2.24) is 0 Å². The Hall–Kier alpha value is -0.380.